The molecule has 0 aromatic heterocycles. The van der Waals surface area contributed by atoms with E-state index in [-0.39, 0.29) is 11.2 Å². The second-order valence-electron chi connectivity index (χ2n) is 4.80. The maximum Gasteiger partial charge on any atom is 0.137 e. The molecule has 0 aliphatic carbocycles. The monoisotopic (exact) mass is 274 g/mol. The molecular weight excluding hydrogens is 259 g/mol. The molecule has 0 saturated heterocycles. The second-order valence-corrected chi connectivity index (χ2v) is 5.59. The van der Waals surface area contributed by atoms with E-state index in [1.54, 1.807) is 6.07 Å². The Bertz CT molecular complexity index is 344. The molecule has 1 unspecified atom stereocenters. The van der Waals surface area contributed by atoms with Gasteiger partial charge in [-0.15, -0.1) is 0 Å². The highest BCUT2D eigenvalue weighted by atomic mass is 79.9. The van der Waals surface area contributed by atoms with Crippen molar-refractivity contribution in [3.63, 3.8) is 0 Å². The summed E-state index contributed by atoms with van der Waals surface area (Å²) in [6.45, 7) is 5.89. The lowest BCUT2D eigenvalue weighted by molar-refractivity contribution is 0.0634. The summed E-state index contributed by atoms with van der Waals surface area (Å²) < 4.78 is 13.6. The topological polar surface area (TPSA) is 20.2 Å². The molecule has 1 N–H and O–H groups in total. The molecule has 0 aliphatic rings. The molecule has 1 nitrogen and oxygen atoms in total. The molecule has 1 aromatic rings. The number of aliphatic hydroxyl groups is 1. The average Bonchev–Trinajstić information content (AvgIpc) is 2.11. The Hall–Kier alpha value is -0.410. The summed E-state index contributed by atoms with van der Waals surface area (Å²) in [5, 5.41) is 9.91. The van der Waals surface area contributed by atoms with Crippen molar-refractivity contribution in [2.24, 2.45) is 5.41 Å². The summed E-state index contributed by atoms with van der Waals surface area (Å²) in [7, 11) is 0. The molecule has 0 fully saturated rings. The van der Waals surface area contributed by atoms with Gasteiger partial charge in [0.15, 0.2) is 0 Å². The summed E-state index contributed by atoms with van der Waals surface area (Å²) in [6.07, 6.45) is -0.0161. The van der Waals surface area contributed by atoms with Gasteiger partial charge < -0.3 is 5.11 Å². The molecular formula is C12H16BrFO. The van der Waals surface area contributed by atoms with Crippen LogP contribution in [0.5, 0.6) is 0 Å². The fourth-order valence-electron chi connectivity index (χ4n) is 1.22. The Labute approximate surface area is 98.4 Å². The molecule has 84 valence electrons. The Morgan fingerprint density at radius 2 is 2.00 bits per heavy atom. The maximum absolute atomic E-state index is 13.2. The standard InChI is InChI=1S/C12H16BrFO/c1-12(2,3)10(15)7-8-5-4-6-9(14)11(8)13/h4-6,10,15H,7H2,1-3H3. The van der Waals surface area contributed by atoms with Crippen molar-refractivity contribution >= 4 is 15.9 Å². The van der Waals surface area contributed by atoms with Gasteiger partial charge in [0.1, 0.15) is 5.82 Å². The molecule has 0 bridgehead atoms. The third-order valence-electron chi connectivity index (χ3n) is 2.44. The van der Waals surface area contributed by atoms with Crippen molar-refractivity contribution in [1.82, 2.24) is 0 Å². The lowest BCUT2D eigenvalue weighted by atomic mass is 9.85. The summed E-state index contributed by atoms with van der Waals surface area (Å²) in [4.78, 5) is 0. The van der Waals surface area contributed by atoms with E-state index in [4.69, 9.17) is 0 Å². The highest BCUT2D eigenvalue weighted by Crippen LogP contribution is 2.27. The summed E-state index contributed by atoms with van der Waals surface area (Å²) in [6, 6.07) is 4.88. The van der Waals surface area contributed by atoms with Gasteiger partial charge in [0.05, 0.1) is 10.6 Å². The van der Waals surface area contributed by atoms with Crippen LogP contribution in [0.2, 0.25) is 0 Å². The minimum Gasteiger partial charge on any atom is -0.392 e. The molecule has 0 saturated carbocycles. The first-order chi connectivity index (χ1) is 6.82. The quantitative estimate of drug-likeness (QED) is 0.875. The van der Waals surface area contributed by atoms with Crippen LogP contribution < -0.4 is 0 Å². The molecule has 0 aliphatic heterocycles. The van der Waals surface area contributed by atoms with E-state index < -0.39 is 6.10 Å². The first-order valence-corrected chi connectivity index (χ1v) is 5.72. The van der Waals surface area contributed by atoms with Crippen LogP contribution in [0.1, 0.15) is 26.3 Å². The molecule has 0 amide bonds. The normalized spacial score (nSPS) is 14.0. The van der Waals surface area contributed by atoms with Crippen LogP contribution in [0.25, 0.3) is 0 Å². The van der Waals surface area contributed by atoms with E-state index >= 15 is 0 Å². The lowest BCUT2D eigenvalue weighted by Gasteiger charge is -2.26. The SMILES string of the molecule is CC(C)(C)C(O)Cc1cccc(F)c1Br. The van der Waals surface area contributed by atoms with Crippen LogP contribution in [0.15, 0.2) is 22.7 Å². The highest BCUT2D eigenvalue weighted by molar-refractivity contribution is 9.10. The van der Waals surface area contributed by atoms with Crippen molar-refractivity contribution in [3.8, 4) is 0 Å². The number of hydrogen-bond donors (Lipinski definition) is 1. The maximum atomic E-state index is 13.2. The van der Waals surface area contributed by atoms with Gasteiger partial charge in [-0.05, 0) is 33.0 Å². The molecule has 0 radical (unpaired) electrons. The van der Waals surface area contributed by atoms with Gasteiger partial charge in [0.25, 0.3) is 0 Å². The third-order valence-corrected chi connectivity index (χ3v) is 3.33. The number of rotatable bonds is 2. The fourth-order valence-corrected chi connectivity index (χ4v) is 1.65. The van der Waals surface area contributed by atoms with Gasteiger partial charge >= 0.3 is 0 Å². The van der Waals surface area contributed by atoms with Crippen molar-refractivity contribution in [2.45, 2.75) is 33.3 Å². The largest absolute Gasteiger partial charge is 0.392 e. The van der Waals surface area contributed by atoms with E-state index in [9.17, 15) is 9.50 Å². The molecule has 3 heteroatoms. The highest BCUT2D eigenvalue weighted by Gasteiger charge is 2.23. The van der Waals surface area contributed by atoms with Crippen LogP contribution in [0.4, 0.5) is 4.39 Å². The zero-order valence-corrected chi connectivity index (χ0v) is 10.8. The Morgan fingerprint density at radius 3 is 2.53 bits per heavy atom. The summed E-state index contributed by atoms with van der Waals surface area (Å²) >= 11 is 3.19. The van der Waals surface area contributed by atoms with Crippen LogP contribution in [0, 0.1) is 11.2 Å². The van der Waals surface area contributed by atoms with Crippen LogP contribution in [-0.4, -0.2) is 11.2 Å². The van der Waals surface area contributed by atoms with Gasteiger partial charge in [-0.25, -0.2) is 4.39 Å². The number of aliphatic hydroxyl groups excluding tert-OH is 1. The Kier molecular flexibility index (Phi) is 3.90. The second kappa shape index (κ2) is 4.62. The van der Waals surface area contributed by atoms with Gasteiger partial charge in [-0.2, -0.15) is 0 Å². The van der Waals surface area contributed by atoms with Gasteiger partial charge in [-0.3, -0.25) is 0 Å². The van der Waals surface area contributed by atoms with Crippen molar-refractivity contribution < 1.29 is 9.50 Å². The lowest BCUT2D eigenvalue weighted by Crippen LogP contribution is -2.28. The molecule has 1 aromatic carbocycles. The minimum atomic E-state index is -0.476. The number of hydrogen-bond acceptors (Lipinski definition) is 1. The van der Waals surface area contributed by atoms with Crippen LogP contribution in [-0.2, 0) is 6.42 Å². The Balaban J connectivity index is 2.86. The molecule has 0 spiro atoms. The van der Waals surface area contributed by atoms with Gasteiger partial charge in [-0.1, -0.05) is 32.9 Å². The first-order valence-electron chi connectivity index (χ1n) is 4.93. The van der Waals surface area contributed by atoms with E-state index in [0.29, 0.717) is 10.9 Å². The van der Waals surface area contributed by atoms with Crippen molar-refractivity contribution in [1.29, 1.82) is 0 Å². The van der Waals surface area contributed by atoms with Crippen molar-refractivity contribution in [2.75, 3.05) is 0 Å². The van der Waals surface area contributed by atoms with Crippen molar-refractivity contribution in [3.05, 3.63) is 34.1 Å². The minimum absolute atomic E-state index is 0.189. The first kappa shape index (κ1) is 12.7. The molecule has 1 atom stereocenters. The zero-order chi connectivity index (χ0) is 11.6. The predicted molar refractivity (Wildman–Crippen MR) is 63.3 cm³/mol. The molecule has 0 heterocycles. The van der Waals surface area contributed by atoms with Gasteiger partial charge in [0.2, 0.25) is 0 Å². The van der Waals surface area contributed by atoms with Crippen LogP contribution >= 0.6 is 15.9 Å². The Morgan fingerprint density at radius 1 is 1.40 bits per heavy atom. The smallest absolute Gasteiger partial charge is 0.137 e. The molecule has 15 heavy (non-hydrogen) atoms. The average molecular weight is 275 g/mol. The van der Waals surface area contributed by atoms with E-state index in [1.165, 1.54) is 6.07 Å². The zero-order valence-electron chi connectivity index (χ0n) is 9.22. The van der Waals surface area contributed by atoms with E-state index in [1.807, 2.05) is 26.8 Å². The predicted octanol–water partition coefficient (Wildman–Crippen LogP) is 3.54. The number of halogens is 2. The van der Waals surface area contributed by atoms with E-state index in [2.05, 4.69) is 15.9 Å². The fraction of sp³-hybridized carbons (Fsp3) is 0.500. The van der Waals surface area contributed by atoms with E-state index in [0.717, 1.165) is 5.56 Å². The van der Waals surface area contributed by atoms with Crippen LogP contribution in [0.3, 0.4) is 0 Å². The summed E-state index contributed by atoms with van der Waals surface area (Å²) in [5.74, 6) is -0.284. The summed E-state index contributed by atoms with van der Waals surface area (Å²) in [5.41, 5.74) is 0.614. The number of benzene rings is 1. The molecule has 1 rings (SSSR count). The van der Waals surface area contributed by atoms with Gasteiger partial charge in [0, 0.05) is 6.42 Å². The third kappa shape index (κ3) is 3.28.